The van der Waals surface area contributed by atoms with Crippen molar-refractivity contribution in [2.75, 3.05) is 5.32 Å². The lowest BCUT2D eigenvalue weighted by atomic mass is 9.71. The molecular formula is C27H26N2O3. The van der Waals surface area contributed by atoms with Crippen LogP contribution in [0.4, 0.5) is 5.69 Å². The number of nitrogens with zero attached hydrogens (tertiary/aromatic N) is 1. The molecule has 3 aromatic rings. The van der Waals surface area contributed by atoms with Crippen LogP contribution >= 0.6 is 0 Å². The first-order chi connectivity index (χ1) is 15.6. The highest BCUT2D eigenvalue weighted by atomic mass is 16.3. The molecule has 5 rings (SSSR count). The van der Waals surface area contributed by atoms with Crippen molar-refractivity contribution in [3.8, 4) is 5.75 Å². The van der Waals surface area contributed by atoms with Crippen molar-refractivity contribution in [3.63, 3.8) is 0 Å². The topological polar surface area (TPSA) is 69.6 Å². The van der Waals surface area contributed by atoms with E-state index in [0.29, 0.717) is 17.8 Å². The van der Waals surface area contributed by atoms with E-state index in [1.54, 1.807) is 24.3 Å². The maximum Gasteiger partial charge on any atom is 0.254 e. The second-order valence-corrected chi connectivity index (χ2v) is 8.71. The summed E-state index contributed by atoms with van der Waals surface area (Å²) < 4.78 is 0. The second kappa shape index (κ2) is 8.15. The van der Waals surface area contributed by atoms with Gasteiger partial charge in [-0.1, -0.05) is 73.5 Å². The lowest BCUT2D eigenvalue weighted by Crippen LogP contribution is -2.59. The Labute approximate surface area is 187 Å². The van der Waals surface area contributed by atoms with Gasteiger partial charge in [0, 0.05) is 12.1 Å². The minimum Gasteiger partial charge on any atom is -0.506 e. The standard InChI is InChI=1S/C27H26N2O3/c30-23-15-7-6-14-22(23)28-25(31)24-20-12-4-5-13-21(20)26(32)29(27(24)16-8-9-17-27)18-19-10-2-1-3-11-19/h1-7,10-15,24,30H,8-9,16-18H2,(H,28,31)/t24-/m0/s1. The van der Waals surface area contributed by atoms with Gasteiger partial charge in [0.05, 0.1) is 17.1 Å². The van der Waals surface area contributed by atoms with E-state index in [2.05, 4.69) is 5.32 Å². The fourth-order valence-corrected chi connectivity index (χ4v) is 5.45. The molecule has 32 heavy (non-hydrogen) atoms. The molecule has 1 heterocycles. The molecule has 0 bridgehead atoms. The summed E-state index contributed by atoms with van der Waals surface area (Å²) in [6.07, 6.45) is 3.50. The van der Waals surface area contributed by atoms with E-state index in [9.17, 15) is 14.7 Å². The molecule has 0 aromatic heterocycles. The number of benzene rings is 3. The minimum absolute atomic E-state index is 0.0158. The summed E-state index contributed by atoms with van der Waals surface area (Å²) in [7, 11) is 0. The van der Waals surface area contributed by atoms with Crippen molar-refractivity contribution in [2.45, 2.75) is 43.7 Å². The molecule has 1 fully saturated rings. The smallest absolute Gasteiger partial charge is 0.254 e. The van der Waals surface area contributed by atoms with Gasteiger partial charge in [-0.3, -0.25) is 9.59 Å². The third kappa shape index (κ3) is 3.34. The Kier molecular flexibility index (Phi) is 5.17. The van der Waals surface area contributed by atoms with Gasteiger partial charge in [-0.25, -0.2) is 0 Å². The Balaban J connectivity index is 1.61. The summed E-state index contributed by atoms with van der Waals surface area (Å²) in [5.74, 6) is -0.686. The van der Waals surface area contributed by atoms with Gasteiger partial charge in [0.2, 0.25) is 5.91 Å². The van der Waals surface area contributed by atoms with Crippen molar-refractivity contribution in [1.82, 2.24) is 4.90 Å². The maximum absolute atomic E-state index is 13.8. The number of anilines is 1. The second-order valence-electron chi connectivity index (χ2n) is 8.71. The summed E-state index contributed by atoms with van der Waals surface area (Å²) in [6.45, 7) is 0.467. The molecular weight excluding hydrogens is 400 g/mol. The molecule has 5 nitrogen and oxygen atoms in total. The molecule has 2 N–H and O–H groups in total. The molecule has 1 atom stereocenters. The lowest BCUT2D eigenvalue weighted by Gasteiger charge is -2.50. The molecule has 1 spiro atoms. The molecule has 0 saturated heterocycles. The Bertz CT molecular complexity index is 1150. The van der Waals surface area contributed by atoms with E-state index in [-0.39, 0.29) is 17.6 Å². The number of carbonyl (C=O) groups excluding carboxylic acids is 2. The summed E-state index contributed by atoms with van der Waals surface area (Å²) in [5.41, 5.74) is 2.20. The van der Waals surface area contributed by atoms with Crippen LogP contribution in [-0.4, -0.2) is 27.4 Å². The predicted octanol–water partition coefficient (Wildman–Crippen LogP) is 5.08. The Morgan fingerprint density at radius 1 is 0.938 bits per heavy atom. The fourth-order valence-electron chi connectivity index (χ4n) is 5.45. The fraction of sp³-hybridized carbons (Fsp3) is 0.259. The van der Waals surface area contributed by atoms with Crippen LogP contribution in [0.1, 0.15) is 53.1 Å². The highest BCUT2D eigenvalue weighted by Gasteiger charge is 2.55. The first-order valence-corrected chi connectivity index (χ1v) is 11.1. The van der Waals surface area contributed by atoms with Crippen LogP contribution < -0.4 is 5.32 Å². The van der Waals surface area contributed by atoms with Gasteiger partial charge in [0.1, 0.15) is 5.75 Å². The molecule has 1 saturated carbocycles. The van der Waals surface area contributed by atoms with Gasteiger partial charge < -0.3 is 15.3 Å². The van der Waals surface area contributed by atoms with Crippen LogP contribution in [0.3, 0.4) is 0 Å². The average molecular weight is 427 g/mol. The number of hydrogen-bond donors (Lipinski definition) is 2. The number of carbonyl (C=O) groups is 2. The van der Waals surface area contributed by atoms with Crippen LogP contribution in [0, 0.1) is 0 Å². The van der Waals surface area contributed by atoms with Crippen LogP contribution in [0.15, 0.2) is 78.9 Å². The number of amides is 2. The zero-order valence-electron chi connectivity index (χ0n) is 17.8. The van der Waals surface area contributed by atoms with Crippen LogP contribution in [0.2, 0.25) is 0 Å². The Hall–Kier alpha value is -3.60. The SMILES string of the molecule is O=C(Nc1ccccc1O)[C@@H]1c2ccccc2C(=O)N(Cc2ccccc2)C12CCCC2. The molecule has 3 aromatic carbocycles. The van der Waals surface area contributed by atoms with E-state index in [1.807, 2.05) is 59.5 Å². The van der Waals surface area contributed by atoms with Crippen molar-refractivity contribution >= 4 is 17.5 Å². The largest absolute Gasteiger partial charge is 0.506 e. The zero-order chi connectivity index (χ0) is 22.1. The van der Waals surface area contributed by atoms with Crippen molar-refractivity contribution < 1.29 is 14.7 Å². The van der Waals surface area contributed by atoms with Gasteiger partial charge in [-0.2, -0.15) is 0 Å². The average Bonchev–Trinajstić information content (AvgIpc) is 3.29. The number of para-hydroxylation sites is 2. The number of nitrogens with one attached hydrogen (secondary N) is 1. The first kappa shape index (κ1) is 20.3. The molecule has 1 aliphatic heterocycles. The van der Waals surface area contributed by atoms with Gasteiger partial charge in [0.15, 0.2) is 0 Å². The van der Waals surface area contributed by atoms with Gasteiger partial charge in [-0.05, 0) is 42.2 Å². The van der Waals surface area contributed by atoms with Gasteiger partial charge in [-0.15, -0.1) is 0 Å². The van der Waals surface area contributed by atoms with Gasteiger partial charge >= 0.3 is 0 Å². The highest BCUT2D eigenvalue weighted by molar-refractivity contribution is 6.05. The molecule has 162 valence electrons. The van der Waals surface area contributed by atoms with Gasteiger partial charge in [0.25, 0.3) is 5.91 Å². The van der Waals surface area contributed by atoms with Crippen LogP contribution in [-0.2, 0) is 11.3 Å². The number of phenols is 1. The summed E-state index contributed by atoms with van der Waals surface area (Å²) in [5, 5.41) is 13.2. The van der Waals surface area contributed by atoms with Crippen molar-refractivity contribution in [3.05, 3.63) is 95.6 Å². The number of hydrogen-bond acceptors (Lipinski definition) is 3. The molecule has 0 unspecified atom stereocenters. The van der Waals surface area contributed by atoms with E-state index in [0.717, 1.165) is 36.8 Å². The third-order valence-corrected chi connectivity index (χ3v) is 6.90. The maximum atomic E-state index is 13.8. The molecule has 2 aliphatic rings. The number of aromatic hydroxyl groups is 1. The molecule has 5 heteroatoms. The van der Waals surface area contributed by atoms with E-state index in [1.165, 1.54) is 0 Å². The first-order valence-electron chi connectivity index (χ1n) is 11.1. The zero-order valence-corrected chi connectivity index (χ0v) is 17.8. The number of fused-ring (bicyclic) bond motifs is 1. The van der Waals surface area contributed by atoms with Crippen molar-refractivity contribution in [1.29, 1.82) is 0 Å². The molecule has 0 radical (unpaired) electrons. The van der Waals surface area contributed by atoms with E-state index in [4.69, 9.17) is 0 Å². The number of phenolic OH excluding ortho intramolecular Hbond substituents is 1. The van der Waals surface area contributed by atoms with Crippen molar-refractivity contribution in [2.24, 2.45) is 0 Å². The molecule has 2 amide bonds. The Morgan fingerprint density at radius 3 is 2.34 bits per heavy atom. The summed E-state index contributed by atoms with van der Waals surface area (Å²) in [6, 6.07) is 24.2. The normalized spacial score (nSPS) is 19.1. The van der Waals surface area contributed by atoms with Crippen LogP contribution in [0.25, 0.3) is 0 Å². The van der Waals surface area contributed by atoms with E-state index >= 15 is 0 Å². The number of rotatable bonds is 4. The third-order valence-electron chi connectivity index (χ3n) is 6.90. The van der Waals surface area contributed by atoms with E-state index < -0.39 is 11.5 Å². The lowest BCUT2D eigenvalue weighted by molar-refractivity contribution is -0.121. The quantitative estimate of drug-likeness (QED) is 0.572. The van der Waals surface area contributed by atoms with Crippen LogP contribution in [0.5, 0.6) is 5.75 Å². The monoisotopic (exact) mass is 426 g/mol. The minimum atomic E-state index is -0.588. The highest BCUT2D eigenvalue weighted by Crippen LogP contribution is 2.51. The summed E-state index contributed by atoms with van der Waals surface area (Å²) >= 11 is 0. The Morgan fingerprint density at radius 2 is 1.59 bits per heavy atom. The summed E-state index contributed by atoms with van der Waals surface area (Å²) in [4.78, 5) is 29.4. The predicted molar refractivity (Wildman–Crippen MR) is 123 cm³/mol. The molecule has 1 aliphatic carbocycles.